The fraction of sp³-hybridized carbons (Fsp3) is 0.400. The summed E-state index contributed by atoms with van der Waals surface area (Å²) in [6.07, 6.45) is 3.02. The lowest BCUT2D eigenvalue weighted by Gasteiger charge is -1.86. The van der Waals surface area contributed by atoms with Crippen molar-refractivity contribution in [2.24, 2.45) is 5.73 Å². The van der Waals surface area contributed by atoms with Crippen LogP contribution in [0.15, 0.2) is 12.2 Å². The molecule has 0 aliphatic rings. The number of carbonyl (C=O) groups is 1. The van der Waals surface area contributed by atoms with Crippen LogP contribution in [0.1, 0.15) is 6.92 Å². The lowest BCUT2D eigenvalue weighted by Crippen LogP contribution is -2.06. The molecule has 46 valence electrons. The number of rotatable bonds is 2. The van der Waals surface area contributed by atoms with Crippen LogP contribution < -0.4 is 5.73 Å². The van der Waals surface area contributed by atoms with Crippen LogP contribution in [0, 0.1) is 0 Å². The van der Waals surface area contributed by atoms with E-state index in [1.165, 1.54) is 6.08 Å². The van der Waals surface area contributed by atoms with E-state index < -0.39 is 5.91 Å². The molecule has 1 atom stereocenters. The van der Waals surface area contributed by atoms with E-state index in [4.69, 9.17) is 5.73 Å². The maximum Gasteiger partial charge on any atom is 0.241 e. The molecule has 2 nitrogen and oxygen atoms in total. The average Bonchev–Trinajstić information content (AvgIpc) is 1.61. The predicted octanol–water partition coefficient (Wildman–Crippen LogP) is 0.811. The molecule has 0 heterocycles. The van der Waals surface area contributed by atoms with Crippen molar-refractivity contribution in [1.29, 1.82) is 0 Å². The quantitative estimate of drug-likeness (QED) is 0.493. The minimum absolute atomic E-state index is 0.218. The van der Waals surface area contributed by atoms with Gasteiger partial charge in [-0.25, -0.2) is 0 Å². The third-order valence-electron chi connectivity index (χ3n) is 0.526. The maximum atomic E-state index is 10.0. The molecular weight excluding hydrogens is 170 g/mol. The molecule has 0 aliphatic heterocycles. The summed E-state index contributed by atoms with van der Waals surface area (Å²) in [6, 6.07) is 0. The van der Waals surface area contributed by atoms with Crippen molar-refractivity contribution in [2.45, 2.75) is 11.8 Å². The Morgan fingerprint density at radius 2 is 2.38 bits per heavy atom. The second kappa shape index (κ2) is 3.66. The Bertz CT molecular complexity index is 109. The van der Waals surface area contributed by atoms with Crippen LogP contribution in [-0.2, 0) is 4.79 Å². The van der Waals surface area contributed by atoms with Crippen LogP contribution in [0.4, 0.5) is 0 Å². The molecule has 8 heavy (non-hydrogen) atoms. The topological polar surface area (TPSA) is 43.1 Å². The van der Waals surface area contributed by atoms with Gasteiger partial charge in [-0.2, -0.15) is 0 Å². The van der Waals surface area contributed by atoms with E-state index in [2.05, 4.69) is 15.9 Å². The van der Waals surface area contributed by atoms with Gasteiger partial charge in [0.2, 0.25) is 5.91 Å². The Kier molecular flexibility index (Phi) is 3.52. The van der Waals surface area contributed by atoms with Gasteiger partial charge < -0.3 is 5.73 Å². The van der Waals surface area contributed by atoms with Crippen LogP contribution in [-0.4, -0.2) is 10.7 Å². The van der Waals surface area contributed by atoms with Gasteiger partial charge in [0.15, 0.2) is 0 Å². The van der Waals surface area contributed by atoms with Crippen molar-refractivity contribution in [1.82, 2.24) is 0 Å². The van der Waals surface area contributed by atoms with Crippen LogP contribution in [0.25, 0.3) is 0 Å². The molecule has 0 aromatic heterocycles. The third kappa shape index (κ3) is 5.69. The molecule has 0 aromatic rings. The SMILES string of the molecule is CC(Br)/C=C/C(N)=O. The molecule has 0 bridgehead atoms. The van der Waals surface area contributed by atoms with Gasteiger partial charge in [0.25, 0.3) is 0 Å². The summed E-state index contributed by atoms with van der Waals surface area (Å²) >= 11 is 3.21. The summed E-state index contributed by atoms with van der Waals surface area (Å²) in [4.78, 5) is 10.2. The normalized spacial score (nSPS) is 14.2. The van der Waals surface area contributed by atoms with Crippen molar-refractivity contribution in [2.75, 3.05) is 0 Å². The number of carbonyl (C=O) groups excluding carboxylic acids is 1. The number of hydrogen-bond acceptors (Lipinski definition) is 1. The van der Waals surface area contributed by atoms with Gasteiger partial charge in [-0.05, 0) is 13.0 Å². The van der Waals surface area contributed by atoms with Crippen molar-refractivity contribution in [3.8, 4) is 0 Å². The summed E-state index contributed by atoms with van der Waals surface area (Å²) < 4.78 is 0. The highest BCUT2D eigenvalue weighted by Gasteiger charge is 1.86. The van der Waals surface area contributed by atoms with Gasteiger partial charge in [0, 0.05) is 4.83 Å². The highest BCUT2D eigenvalue weighted by Crippen LogP contribution is 1.96. The van der Waals surface area contributed by atoms with Crippen LogP contribution in [0.5, 0.6) is 0 Å². The number of nitrogens with two attached hydrogens (primary N) is 1. The molecule has 0 aromatic carbocycles. The molecule has 0 spiro atoms. The molecule has 2 N–H and O–H groups in total. The van der Waals surface area contributed by atoms with E-state index in [0.29, 0.717) is 0 Å². The molecule has 0 saturated carbocycles. The van der Waals surface area contributed by atoms with Crippen LogP contribution in [0.3, 0.4) is 0 Å². The molecule has 0 aliphatic carbocycles. The number of halogens is 1. The number of amides is 1. The van der Waals surface area contributed by atoms with E-state index >= 15 is 0 Å². The first-order chi connectivity index (χ1) is 3.63. The zero-order valence-electron chi connectivity index (χ0n) is 4.60. The van der Waals surface area contributed by atoms with Gasteiger partial charge in [-0.15, -0.1) is 0 Å². The summed E-state index contributed by atoms with van der Waals surface area (Å²) in [6.45, 7) is 1.90. The lowest BCUT2D eigenvalue weighted by atomic mass is 10.4. The fourth-order valence-electron chi connectivity index (χ4n) is 0.227. The van der Waals surface area contributed by atoms with Crippen molar-refractivity contribution >= 4 is 21.8 Å². The van der Waals surface area contributed by atoms with Crippen molar-refractivity contribution < 1.29 is 4.79 Å². The highest BCUT2D eigenvalue weighted by molar-refractivity contribution is 9.09. The largest absolute Gasteiger partial charge is 0.366 e. The number of hydrogen-bond donors (Lipinski definition) is 1. The molecule has 0 saturated heterocycles. The van der Waals surface area contributed by atoms with E-state index in [-0.39, 0.29) is 4.83 Å². The van der Waals surface area contributed by atoms with E-state index in [9.17, 15) is 4.79 Å². The van der Waals surface area contributed by atoms with Gasteiger partial charge in [-0.3, -0.25) is 4.79 Å². The lowest BCUT2D eigenvalue weighted by molar-refractivity contribution is -0.113. The fourth-order valence-corrected chi connectivity index (χ4v) is 0.380. The van der Waals surface area contributed by atoms with E-state index in [0.717, 1.165) is 0 Å². The average molecular weight is 178 g/mol. The van der Waals surface area contributed by atoms with Crippen molar-refractivity contribution in [3.63, 3.8) is 0 Å². The van der Waals surface area contributed by atoms with E-state index in [1.54, 1.807) is 6.08 Å². The van der Waals surface area contributed by atoms with Crippen LogP contribution >= 0.6 is 15.9 Å². The maximum absolute atomic E-state index is 10.0. The summed E-state index contributed by atoms with van der Waals surface area (Å²) in [5, 5.41) is 0. The molecule has 3 heteroatoms. The Balaban J connectivity index is 3.50. The number of primary amides is 1. The second-order valence-corrected chi connectivity index (χ2v) is 2.88. The zero-order chi connectivity index (χ0) is 6.57. The third-order valence-corrected chi connectivity index (χ3v) is 0.831. The Morgan fingerprint density at radius 3 is 2.50 bits per heavy atom. The number of alkyl halides is 1. The van der Waals surface area contributed by atoms with Gasteiger partial charge >= 0.3 is 0 Å². The van der Waals surface area contributed by atoms with Gasteiger partial charge in [-0.1, -0.05) is 22.0 Å². The monoisotopic (exact) mass is 177 g/mol. The standard InChI is InChI=1S/C5H8BrNO/c1-4(6)2-3-5(7)8/h2-4H,1H3,(H2,7,8)/b3-2+. The second-order valence-electron chi connectivity index (χ2n) is 1.44. The minimum Gasteiger partial charge on any atom is -0.366 e. The predicted molar refractivity (Wildman–Crippen MR) is 36.7 cm³/mol. The van der Waals surface area contributed by atoms with Crippen LogP contribution in [0.2, 0.25) is 0 Å². The molecule has 0 rings (SSSR count). The molecule has 0 radical (unpaired) electrons. The Labute approximate surface area is 56.9 Å². The first-order valence-corrected chi connectivity index (χ1v) is 3.16. The zero-order valence-corrected chi connectivity index (χ0v) is 6.18. The summed E-state index contributed by atoms with van der Waals surface area (Å²) in [5.41, 5.74) is 4.79. The summed E-state index contributed by atoms with van der Waals surface area (Å²) in [5.74, 6) is -0.406. The molecule has 1 unspecified atom stereocenters. The highest BCUT2D eigenvalue weighted by atomic mass is 79.9. The smallest absolute Gasteiger partial charge is 0.241 e. The van der Waals surface area contributed by atoms with Gasteiger partial charge in [0.05, 0.1) is 0 Å². The summed E-state index contributed by atoms with van der Waals surface area (Å²) in [7, 11) is 0. The van der Waals surface area contributed by atoms with Crippen molar-refractivity contribution in [3.05, 3.63) is 12.2 Å². The van der Waals surface area contributed by atoms with Gasteiger partial charge in [0.1, 0.15) is 0 Å². The van der Waals surface area contributed by atoms with E-state index in [1.807, 2.05) is 6.92 Å². The minimum atomic E-state index is -0.406. The Hall–Kier alpha value is -0.310. The first-order valence-electron chi connectivity index (χ1n) is 2.24. The molecular formula is C5H8BrNO. The molecule has 1 amide bonds. The number of allylic oxidation sites excluding steroid dienone is 1. The molecule has 0 fully saturated rings. The Morgan fingerprint density at radius 1 is 1.88 bits per heavy atom. The first kappa shape index (κ1) is 7.69.